The standard InChI is InChI=1S/C16H18Cl2N2/c1-3-16(14-8-7-12(17)9-15(14)18)19-10-13-6-4-5-11(2)20-13/h4-9,16,19H,3,10H2,1-2H3. The zero-order valence-electron chi connectivity index (χ0n) is 11.7. The molecule has 0 radical (unpaired) electrons. The Labute approximate surface area is 130 Å². The van der Waals surface area contributed by atoms with Crippen molar-refractivity contribution in [2.75, 3.05) is 0 Å². The van der Waals surface area contributed by atoms with E-state index < -0.39 is 0 Å². The topological polar surface area (TPSA) is 24.9 Å². The molecule has 0 aliphatic heterocycles. The van der Waals surface area contributed by atoms with Gasteiger partial charge in [-0.25, -0.2) is 0 Å². The lowest BCUT2D eigenvalue weighted by atomic mass is 10.0. The van der Waals surface area contributed by atoms with Crippen LogP contribution >= 0.6 is 23.2 Å². The molecule has 2 rings (SSSR count). The molecule has 2 nitrogen and oxygen atoms in total. The monoisotopic (exact) mass is 308 g/mol. The van der Waals surface area contributed by atoms with Crippen LogP contribution in [-0.2, 0) is 6.54 Å². The summed E-state index contributed by atoms with van der Waals surface area (Å²) in [6.07, 6.45) is 0.952. The van der Waals surface area contributed by atoms with Crippen LogP contribution in [-0.4, -0.2) is 4.98 Å². The lowest BCUT2D eigenvalue weighted by Crippen LogP contribution is -2.21. The molecule has 0 amide bonds. The first-order valence-corrected chi connectivity index (χ1v) is 7.46. The Hall–Kier alpha value is -1.09. The number of hydrogen-bond donors (Lipinski definition) is 1. The number of pyridine rings is 1. The molecule has 20 heavy (non-hydrogen) atoms. The molecule has 1 heterocycles. The third-order valence-corrected chi connectivity index (χ3v) is 3.78. The van der Waals surface area contributed by atoms with E-state index in [1.54, 1.807) is 6.07 Å². The second kappa shape index (κ2) is 7.07. The molecule has 0 spiro atoms. The summed E-state index contributed by atoms with van der Waals surface area (Å²) in [6.45, 7) is 4.85. The lowest BCUT2D eigenvalue weighted by molar-refractivity contribution is 0.514. The average Bonchev–Trinajstić information content (AvgIpc) is 2.41. The Bertz CT molecular complexity index is 584. The van der Waals surface area contributed by atoms with Crippen molar-refractivity contribution in [1.29, 1.82) is 0 Å². The predicted molar refractivity (Wildman–Crippen MR) is 85.3 cm³/mol. The van der Waals surface area contributed by atoms with Gasteiger partial charge >= 0.3 is 0 Å². The average molecular weight is 309 g/mol. The van der Waals surface area contributed by atoms with E-state index in [1.807, 2.05) is 37.3 Å². The molecule has 0 aliphatic carbocycles. The molecule has 1 atom stereocenters. The van der Waals surface area contributed by atoms with Crippen LogP contribution in [0.25, 0.3) is 0 Å². The molecule has 0 saturated heterocycles. The molecule has 2 aromatic rings. The zero-order valence-corrected chi connectivity index (χ0v) is 13.2. The first kappa shape index (κ1) is 15.3. The molecule has 1 aromatic heterocycles. The van der Waals surface area contributed by atoms with Crippen molar-refractivity contribution in [3.8, 4) is 0 Å². The fourth-order valence-corrected chi connectivity index (χ4v) is 2.72. The van der Waals surface area contributed by atoms with Crippen LogP contribution in [0, 0.1) is 6.92 Å². The van der Waals surface area contributed by atoms with Gasteiger partial charge in [0.2, 0.25) is 0 Å². The van der Waals surface area contributed by atoms with Gasteiger partial charge in [0.05, 0.1) is 5.69 Å². The summed E-state index contributed by atoms with van der Waals surface area (Å²) in [5.41, 5.74) is 3.14. The fourth-order valence-electron chi connectivity index (χ4n) is 2.18. The van der Waals surface area contributed by atoms with E-state index in [2.05, 4.69) is 17.2 Å². The first-order chi connectivity index (χ1) is 9.60. The number of aryl methyl sites for hydroxylation is 1. The SMILES string of the molecule is CCC(NCc1cccc(C)n1)c1ccc(Cl)cc1Cl. The Morgan fingerprint density at radius 1 is 1.20 bits per heavy atom. The highest BCUT2D eigenvalue weighted by Gasteiger charge is 2.13. The molecule has 4 heteroatoms. The maximum atomic E-state index is 6.27. The number of benzene rings is 1. The summed E-state index contributed by atoms with van der Waals surface area (Å²) < 4.78 is 0. The predicted octanol–water partition coefficient (Wildman–Crippen LogP) is 4.94. The van der Waals surface area contributed by atoms with Gasteiger partial charge in [-0.15, -0.1) is 0 Å². The van der Waals surface area contributed by atoms with Crippen LogP contribution < -0.4 is 5.32 Å². The third-order valence-electron chi connectivity index (χ3n) is 3.22. The molecule has 1 N–H and O–H groups in total. The second-order valence-electron chi connectivity index (χ2n) is 4.78. The van der Waals surface area contributed by atoms with Crippen molar-refractivity contribution in [1.82, 2.24) is 10.3 Å². The molecule has 0 saturated carbocycles. The van der Waals surface area contributed by atoms with Crippen LogP contribution in [0.5, 0.6) is 0 Å². The van der Waals surface area contributed by atoms with Gasteiger partial charge in [-0.05, 0) is 43.2 Å². The smallest absolute Gasteiger partial charge is 0.0545 e. The molecule has 1 aromatic carbocycles. The van der Waals surface area contributed by atoms with Crippen molar-refractivity contribution in [3.05, 3.63) is 63.4 Å². The minimum absolute atomic E-state index is 0.196. The molecule has 1 unspecified atom stereocenters. The van der Waals surface area contributed by atoms with Crippen LogP contribution in [0.2, 0.25) is 10.0 Å². The summed E-state index contributed by atoms with van der Waals surface area (Å²) >= 11 is 12.2. The van der Waals surface area contributed by atoms with Gasteiger partial charge < -0.3 is 5.32 Å². The van der Waals surface area contributed by atoms with Gasteiger partial charge in [-0.3, -0.25) is 4.98 Å². The van der Waals surface area contributed by atoms with Gasteiger partial charge in [-0.1, -0.05) is 42.3 Å². The summed E-state index contributed by atoms with van der Waals surface area (Å²) in [4.78, 5) is 4.49. The van der Waals surface area contributed by atoms with E-state index in [9.17, 15) is 0 Å². The number of hydrogen-bond acceptors (Lipinski definition) is 2. The summed E-state index contributed by atoms with van der Waals surface area (Å²) in [7, 11) is 0. The normalized spacial score (nSPS) is 12.4. The van der Waals surface area contributed by atoms with Crippen molar-refractivity contribution < 1.29 is 0 Å². The number of rotatable bonds is 5. The van der Waals surface area contributed by atoms with Crippen molar-refractivity contribution in [2.24, 2.45) is 0 Å². The lowest BCUT2D eigenvalue weighted by Gasteiger charge is -2.19. The fraction of sp³-hybridized carbons (Fsp3) is 0.312. The first-order valence-electron chi connectivity index (χ1n) is 6.71. The van der Waals surface area contributed by atoms with Gasteiger partial charge in [0.1, 0.15) is 0 Å². The maximum absolute atomic E-state index is 6.27. The summed E-state index contributed by atoms with van der Waals surface area (Å²) in [5, 5.41) is 4.86. The number of halogens is 2. The minimum Gasteiger partial charge on any atom is -0.304 e. The van der Waals surface area contributed by atoms with E-state index in [4.69, 9.17) is 23.2 Å². The van der Waals surface area contributed by atoms with E-state index in [0.717, 1.165) is 29.9 Å². The van der Waals surface area contributed by atoms with Crippen molar-refractivity contribution in [2.45, 2.75) is 32.9 Å². The van der Waals surface area contributed by atoms with Gasteiger partial charge in [-0.2, -0.15) is 0 Å². The van der Waals surface area contributed by atoms with Gasteiger partial charge in [0, 0.05) is 28.3 Å². The quantitative estimate of drug-likeness (QED) is 0.846. The number of nitrogens with one attached hydrogen (secondary N) is 1. The minimum atomic E-state index is 0.196. The van der Waals surface area contributed by atoms with Crippen LogP contribution in [0.1, 0.15) is 36.3 Å². The Morgan fingerprint density at radius 2 is 2.00 bits per heavy atom. The molecule has 106 valence electrons. The van der Waals surface area contributed by atoms with E-state index >= 15 is 0 Å². The molecular weight excluding hydrogens is 291 g/mol. The van der Waals surface area contributed by atoms with Crippen molar-refractivity contribution >= 4 is 23.2 Å². The van der Waals surface area contributed by atoms with Crippen LogP contribution in [0.3, 0.4) is 0 Å². The number of aromatic nitrogens is 1. The van der Waals surface area contributed by atoms with Crippen molar-refractivity contribution in [3.63, 3.8) is 0 Å². The molecule has 0 fully saturated rings. The molecular formula is C16H18Cl2N2. The number of nitrogens with zero attached hydrogens (tertiary/aromatic N) is 1. The highest BCUT2D eigenvalue weighted by Crippen LogP contribution is 2.28. The molecule has 0 bridgehead atoms. The second-order valence-corrected chi connectivity index (χ2v) is 5.62. The van der Waals surface area contributed by atoms with Gasteiger partial charge in [0.25, 0.3) is 0 Å². The van der Waals surface area contributed by atoms with E-state index in [1.165, 1.54) is 0 Å². The van der Waals surface area contributed by atoms with E-state index in [0.29, 0.717) is 10.0 Å². The van der Waals surface area contributed by atoms with Crippen LogP contribution in [0.4, 0.5) is 0 Å². The Kier molecular flexibility index (Phi) is 5.41. The van der Waals surface area contributed by atoms with Crippen LogP contribution in [0.15, 0.2) is 36.4 Å². The molecule has 0 aliphatic rings. The highest BCUT2D eigenvalue weighted by molar-refractivity contribution is 6.35. The van der Waals surface area contributed by atoms with Gasteiger partial charge in [0.15, 0.2) is 0 Å². The Morgan fingerprint density at radius 3 is 2.65 bits per heavy atom. The largest absolute Gasteiger partial charge is 0.304 e. The zero-order chi connectivity index (χ0) is 14.5. The maximum Gasteiger partial charge on any atom is 0.0545 e. The highest BCUT2D eigenvalue weighted by atomic mass is 35.5. The Balaban J connectivity index is 2.09. The van der Waals surface area contributed by atoms with E-state index in [-0.39, 0.29) is 6.04 Å². The summed E-state index contributed by atoms with van der Waals surface area (Å²) in [6, 6.07) is 11.9. The third kappa shape index (κ3) is 3.95. The summed E-state index contributed by atoms with van der Waals surface area (Å²) in [5.74, 6) is 0.